The molecule has 1 atom stereocenters. The van der Waals surface area contributed by atoms with E-state index in [9.17, 15) is 14.0 Å². The Morgan fingerprint density at radius 3 is 2.56 bits per heavy atom. The molecule has 0 bridgehead atoms. The van der Waals surface area contributed by atoms with E-state index in [1.807, 2.05) is 0 Å². The van der Waals surface area contributed by atoms with Crippen molar-refractivity contribution in [3.63, 3.8) is 0 Å². The van der Waals surface area contributed by atoms with Crippen LogP contribution in [0.4, 0.5) is 4.39 Å². The summed E-state index contributed by atoms with van der Waals surface area (Å²) >= 11 is 0. The van der Waals surface area contributed by atoms with Crippen LogP contribution in [-0.4, -0.2) is 33.2 Å². The van der Waals surface area contributed by atoms with Crippen LogP contribution in [0.2, 0.25) is 0 Å². The Kier molecular flexibility index (Phi) is 3.51. The zero-order valence-electron chi connectivity index (χ0n) is 8.05. The zero-order valence-corrected chi connectivity index (χ0v) is 8.05. The van der Waals surface area contributed by atoms with Gasteiger partial charge >= 0.3 is 11.9 Å². The summed E-state index contributed by atoms with van der Waals surface area (Å²) in [4.78, 5) is 24.2. The fourth-order valence-electron chi connectivity index (χ4n) is 1.09. The Labute approximate surface area is 89.5 Å². The smallest absolute Gasteiger partial charge is 0.357 e. The number of carboxylic acid groups (broad SMARTS) is 2. The van der Waals surface area contributed by atoms with Crippen LogP contribution in [-0.2, 0) is 11.2 Å². The number of halogens is 1. The van der Waals surface area contributed by atoms with Crippen LogP contribution < -0.4 is 5.73 Å². The number of aromatic nitrogens is 1. The molecule has 4 N–H and O–H groups in total. The third-order valence-electron chi connectivity index (χ3n) is 1.87. The van der Waals surface area contributed by atoms with Gasteiger partial charge < -0.3 is 15.9 Å². The zero-order chi connectivity index (χ0) is 12.3. The third-order valence-corrected chi connectivity index (χ3v) is 1.87. The van der Waals surface area contributed by atoms with E-state index < -0.39 is 29.5 Å². The number of aromatic carboxylic acids is 1. The largest absolute Gasteiger partial charge is 0.480 e. The van der Waals surface area contributed by atoms with Gasteiger partial charge in [0.2, 0.25) is 0 Å². The van der Waals surface area contributed by atoms with Crippen LogP contribution in [0.25, 0.3) is 0 Å². The molecule has 86 valence electrons. The van der Waals surface area contributed by atoms with E-state index in [0.29, 0.717) is 0 Å². The fraction of sp³-hybridized carbons (Fsp3) is 0.222. The first-order valence-corrected chi connectivity index (χ1v) is 4.28. The number of nitrogens with two attached hydrogens (primary N) is 1. The molecular weight excluding hydrogens is 219 g/mol. The van der Waals surface area contributed by atoms with Crippen molar-refractivity contribution < 1.29 is 24.2 Å². The lowest BCUT2D eigenvalue weighted by Crippen LogP contribution is -2.32. The maximum Gasteiger partial charge on any atom is 0.357 e. The summed E-state index contributed by atoms with van der Waals surface area (Å²) in [5, 5.41) is 17.0. The van der Waals surface area contributed by atoms with Gasteiger partial charge in [0.25, 0.3) is 0 Å². The molecule has 0 unspecified atom stereocenters. The van der Waals surface area contributed by atoms with Crippen molar-refractivity contribution in [1.82, 2.24) is 4.98 Å². The highest BCUT2D eigenvalue weighted by Gasteiger charge is 2.16. The van der Waals surface area contributed by atoms with Crippen molar-refractivity contribution in [2.45, 2.75) is 12.5 Å². The normalized spacial score (nSPS) is 12.1. The first kappa shape index (κ1) is 12.1. The Balaban J connectivity index is 2.89. The summed E-state index contributed by atoms with van der Waals surface area (Å²) < 4.78 is 13.1. The van der Waals surface area contributed by atoms with E-state index in [0.717, 1.165) is 12.3 Å². The van der Waals surface area contributed by atoms with Gasteiger partial charge in [-0.1, -0.05) is 0 Å². The Morgan fingerprint density at radius 2 is 2.12 bits per heavy atom. The van der Waals surface area contributed by atoms with E-state index in [1.54, 1.807) is 0 Å². The van der Waals surface area contributed by atoms with Crippen LogP contribution in [0.5, 0.6) is 0 Å². The molecule has 1 rings (SSSR count). The number of hydrogen-bond donors (Lipinski definition) is 3. The summed E-state index contributed by atoms with van der Waals surface area (Å²) in [7, 11) is 0. The lowest BCUT2D eigenvalue weighted by molar-refractivity contribution is -0.138. The lowest BCUT2D eigenvalue weighted by Gasteiger charge is -2.06. The van der Waals surface area contributed by atoms with Gasteiger partial charge in [0.05, 0.1) is 0 Å². The molecule has 7 heteroatoms. The van der Waals surface area contributed by atoms with E-state index in [1.165, 1.54) is 0 Å². The molecule has 0 fully saturated rings. The molecule has 0 spiro atoms. The van der Waals surface area contributed by atoms with Crippen molar-refractivity contribution in [3.05, 3.63) is 29.3 Å². The van der Waals surface area contributed by atoms with E-state index >= 15 is 0 Å². The number of hydrogen-bond acceptors (Lipinski definition) is 4. The summed E-state index contributed by atoms with van der Waals surface area (Å²) in [6, 6.07) is -0.254. The molecule has 1 heterocycles. The van der Waals surface area contributed by atoms with Gasteiger partial charge in [-0.2, -0.15) is 0 Å². The minimum Gasteiger partial charge on any atom is -0.480 e. The molecule has 0 aliphatic heterocycles. The number of pyridine rings is 1. The molecule has 6 nitrogen and oxygen atoms in total. The van der Waals surface area contributed by atoms with Crippen LogP contribution in [0, 0.1) is 5.82 Å². The highest BCUT2D eigenvalue weighted by molar-refractivity contribution is 5.85. The summed E-state index contributed by atoms with van der Waals surface area (Å²) in [6.45, 7) is 0. The van der Waals surface area contributed by atoms with Gasteiger partial charge in [-0.25, -0.2) is 14.2 Å². The summed E-state index contributed by atoms with van der Waals surface area (Å²) in [6.07, 6.45) is 0.981. The monoisotopic (exact) mass is 228 g/mol. The first-order chi connectivity index (χ1) is 7.41. The second-order valence-corrected chi connectivity index (χ2v) is 3.13. The maximum atomic E-state index is 13.1. The van der Waals surface area contributed by atoms with Crippen molar-refractivity contribution >= 4 is 11.9 Å². The molecule has 1 aromatic heterocycles. The molecule has 0 aromatic carbocycles. The molecule has 0 aliphatic rings. The van der Waals surface area contributed by atoms with E-state index in [4.69, 9.17) is 15.9 Å². The summed E-state index contributed by atoms with van der Waals surface area (Å²) in [5.74, 6) is -3.71. The van der Waals surface area contributed by atoms with Gasteiger partial charge in [0.1, 0.15) is 6.04 Å². The molecule has 0 aliphatic carbocycles. The molecule has 0 saturated heterocycles. The van der Waals surface area contributed by atoms with Crippen molar-refractivity contribution in [3.8, 4) is 0 Å². The second-order valence-electron chi connectivity index (χ2n) is 3.13. The Bertz CT molecular complexity index is 436. The molecule has 16 heavy (non-hydrogen) atoms. The molecular formula is C9H9FN2O4. The predicted octanol–water partition coefficient (Wildman–Crippen LogP) is -0.127. The number of rotatable bonds is 4. The molecule has 0 saturated carbocycles. The van der Waals surface area contributed by atoms with Gasteiger partial charge in [-0.15, -0.1) is 0 Å². The van der Waals surface area contributed by atoms with Crippen LogP contribution >= 0.6 is 0 Å². The van der Waals surface area contributed by atoms with Gasteiger partial charge in [-0.05, 0) is 18.1 Å². The van der Waals surface area contributed by atoms with Crippen molar-refractivity contribution in [2.24, 2.45) is 5.73 Å². The SMILES string of the molecule is N[C@@H](Cc1cnc(C(=O)O)c(F)c1)C(=O)O. The average Bonchev–Trinajstić information content (AvgIpc) is 2.16. The van der Waals surface area contributed by atoms with Crippen LogP contribution in [0.15, 0.2) is 12.3 Å². The van der Waals surface area contributed by atoms with E-state index in [-0.39, 0.29) is 12.0 Å². The predicted molar refractivity (Wildman–Crippen MR) is 50.5 cm³/mol. The Morgan fingerprint density at radius 1 is 1.50 bits per heavy atom. The highest BCUT2D eigenvalue weighted by Crippen LogP contribution is 2.08. The van der Waals surface area contributed by atoms with Crippen molar-refractivity contribution in [1.29, 1.82) is 0 Å². The highest BCUT2D eigenvalue weighted by atomic mass is 19.1. The minimum absolute atomic E-state index is 0.112. The fourth-order valence-corrected chi connectivity index (χ4v) is 1.09. The van der Waals surface area contributed by atoms with Crippen molar-refractivity contribution in [2.75, 3.05) is 0 Å². The quantitative estimate of drug-likeness (QED) is 0.661. The van der Waals surface area contributed by atoms with Gasteiger partial charge in [-0.3, -0.25) is 4.79 Å². The molecule has 0 amide bonds. The standard InChI is InChI=1S/C9H9FN2O4/c10-5-1-4(2-6(11)8(13)14)3-12-7(5)9(15)16/h1,3,6H,2,11H2,(H,13,14)(H,15,16)/t6-/m0/s1. The first-order valence-electron chi connectivity index (χ1n) is 4.28. The van der Waals surface area contributed by atoms with Gasteiger partial charge in [0, 0.05) is 6.20 Å². The van der Waals surface area contributed by atoms with Crippen LogP contribution in [0.3, 0.4) is 0 Å². The molecule has 1 aromatic rings. The third kappa shape index (κ3) is 2.74. The number of nitrogens with zero attached hydrogens (tertiary/aromatic N) is 1. The minimum atomic E-state index is -1.48. The Hall–Kier alpha value is -2.02. The second kappa shape index (κ2) is 4.67. The maximum absolute atomic E-state index is 13.1. The number of carboxylic acids is 2. The summed E-state index contributed by atoms with van der Waals surface area (Å²) in [5.41, 5.74) is 4.76. The number of aliphatic carboxylic acids is 1. The van der Waals surface area contributed by atoms with Gasteiger partial charge in [0.15, 0.2) is 11.5 Å². The van der Waals surface area contributed by atoms with E-state index in [2.05, 4.69) is 4.98 Å². The molecule has 0 radical (unpaired) electrons. The van der Waals surface area contributed by atoms with Crippen LogP contribution in [0.1, 0.15) is 16.1 Å². The number of carbonyl (C=O) groups is 2. The topological polar surface area (TPSA) is 114 Å². The lowest BCUT2D eigenvalue weighted by atomic mass is 10.1. The average molecular weight is 228 g/mol.